The van der Waals surface area contributed by atoms with Gasteiger partial charge in [0.05, 0.1) is 12.8 Å². The monoisotopic (exact) mass is 295 g/mol. The van der Waals surface area contributed by atoms with E-state index in [1.165, 1.54) is 0 Å². The topological polar surface area (TPSA) is 132 Å². The molecule has 1 radical (unpaired) electrons. The van der Waals surface area contributed by atoms with Crippen LogP contribution >= 0.6 is 0 Å². The Bertz CT molecular complexity index is 233. The van der Waals surface area contributed by atoms with Gasteiger partial charge in [-0.3, -0.25) is 9.59 Å². The molecule has 0 atom stereocenters. The van der Waals surface area contributed by atoms with Gasteiger partial charge < -0.3 is 20.4 Å². The van der Waals surface area contributed by atoms with Gasteiger partial charge in [0, 0.05) is 19.5 Å². The summed E-state index contributed by atoms with van der Waals surface area (Å²) in [5.41, 5.74) is -2.74. The fourth-order valence-electron chi connectivity index (χ4n) is 0.714. The molecule has 0 aliphatic heterocycles. The van der Waals surface area contributed by atoms with E-state index in [4.69, 9.17) is 20.4 Å². The molecular weight excluding hydrogens is 287 g/mol. The predicted molar refractivity (Wildman–Crippen MR) is 37.1 cm³/mol. The van der Waals surface area contributed by atoms with E-state index >= 15 is 0 Å². The molecule has 0 aromatic heterocycles. The van der Waals surface area contributed by atoms with E-state index in [2.05, 4.69) is 0 Å². The molecule has 0 aromatic rings. The SMILES string of the molecule is O=C(O)CC(O)(CC(=O)O)C(=O)O.[Rh]. The summed E-state index contributed by atoms with van der Waals surface area (Å²) in [7, 11) is 0. The van der Waals surface area contributed by atoms with Crippen LogP contribution in [-0.2, 0) is 33.9 Å². The Morgan fingerprint density at radius 2 is 1.21 bits per heavy atom. The van der Waals surface area contributed by atoms with Crippen molar-refractivity contribution >= 4 is 17.9 Å². The van der Waals surface area contributed by atoms with Crippen molar-refractivity contribution in [2.45, 2.75) is 18.4 Å². The summed E-state index contributed by atoms with van der Waals surface area (Å²) in [6.45, 7) is 0. The van der Waals surface area contributed by atoms with Crippen molar-refractivity contribution in [3.8, 4) is 0 Å². The quantitative estimate of drug-likeness (QED) is 0.466. The van der Waals surface area contributed by atoms with Crippen LogP contribution in [-0.4, -0.2) is 43.9 Å². The maximum atomic E-state index is 10.3. The van der Waals surface area contributed by atoms with Gasteiger partial charge in [0.2, 0.25) is 0 Å². The van der Waals surface area contributed by atoms with E-state index in [0.717, 1.165) is 0 Å². The van der Waals surface area contributed by atoms with Crippen LogP contribution in [0.1, 0.15) is 12.8 Å². The summed E-state index contributed by atoms with van der Waals surface area (Å²) in [5.74, 6) is -5.02. The first-order chi connectivity index (χ1) is 5.78. The van der Waals surface area contributed by atoms with Crippen LogP contribution in [0.4, 0.5) is 0 Å². The largest absolute Gasteiger partial charge is 0.481 e. The Balaban J connectivity index is 0. The molecule has 0 aliphatic rings. The van der Waals surface area contributed by atoms with E-state index in [1.54, 1.807) is 0 Å². The third kappa shape index (κ3) is 4.88. The number of hydrogen-bond donors (Lipinski definition) is 4. The van der Waals surface area contributed by atoms with Gasteiger partial charge in [-0.2, -0.15) is 0 Å². The molecule has 0 aromatic carbocycles. The van der Waals surface area contributed by atoms with Crippen LogP contribution < -0.4 is 0 Å². The van der Waals surface area contributed by atoms with Crippen molar-refractivity contribution in [2.75, 3.05) is 0 Å². The van der Waals surface area contributed by atoms with Crippen LogP contribution in [0.3, 0.4) is 0 Å². The van der Waals surface area contributed by atoms with E-state index in [0.29, 0.717) is 0 Å². The molecule has 14 heavy (non-hydrogen) atoms. The van der Waals surface area contributed by atoms with Crippen molar-refractivity contribution in [3.05, 3.63) is 0 Å². The molecule has 7 nitrogen and oxygen atoms in total. The van der Waals surface area contributed by atoms with Crippen molar-refractivity contribution in [1.82, 2.24) is 0 Å². The minimum absolute atomic E-state index is 0. The van der Waals surface area contributed by atoms with Gasteiger partial charge in [0.15, 0.2) is 5.60 Å². The van der Waals surface area contributed by atoms with Gasteiger partial charge in [-0.05, 0) is 0 Å². The zero-order valence-corrected chi connectivity index (χ0v) is 8.40. The molecule has 0 heterocycles. The first-order valence-electron chi connectivity index (χ1n) is 3.17. The molecule has 4 N–H and O–H groups in total. The summed E-state index contributed by atoms with van der Waals surface area (Å²) < 4.78 is 0. The Labute approximate surface area is 91.1 Å². The van der Waals surface area contributed by atoms with Gasteiger partial charge in [-0.25, -0.2) is 4.79 Å². The Morgan fingerprint density at radius 1 is 0.929 bits per heavy atom. The Morgan fingerprint density at radius 3 is 1.36 bits per heavy atom. The second-order valence-corrected chi connectivity index (χ2v) is 2.48. The molecule has 0 fully saturated rings. The van der Waals surface area contributed by atoms with Crippen molar-refractivity contribution < 1.29 is 54.3 Å². The third-order valence-corrected chi connectivity index (χ3v) is 1.29. The first-order valence-corrected chi connectivity index (χ1v) is 3.17. The summed E-state index contributed by atoms with van der Waals surface area (Å²) in [5, 5.41) is 33.8. The van der Waals surface area contributed by atoms with E-state index in [1.807, 2.05) is 0 Å². The normalized spacial score (nSPS) is 10.1. The molecule has 0 spiro atoms. The van der Waals surface area contributed by atoms with Crippen LogP contribution in [0.25, 0.3) is 0 Å². The molecule has 0 aliphatic carbocycles. The zero-order chi connectivity index (χ0) is 10.6. The second kappa shape index (κ2) is 5.67. The van der Waals surface area contributed by atoms with Crippen molar-refractivity contribution in [2.24, 2.45) is 0 Å². The van der Waals surface area contributed by atoms with Crippen LogP contribution in [0, 0.1) is 0 Å². The van der Waals surface area contributed by atoms with Gasteiger partial charge in [0.1, 0.15) is 0 Å². The van der Waals surface area contributed by atoms with Gasteiger partial charge in [-0.1, -0.05) is 0 Å². The average molecular weight is 295 g/mol. The number of hydrogen-bond acceptors (Lipinski definition) is 4. The summed E-state index contributed by atoms with van der Waals surface area (Å²) in [6.07, 6.45) is -2.29. The molecule has 0 saturated carbocycles. The van der Waals surface area contributed by atoms with Crippen LogP contribution in [0.5, 0.6) is 0 Å². The first kappa shape index (κ1) is 15.5. The molecule has 0 saturated heterocycles. The number of carbonyl (C=O) groups is 3. The fraction of sp³-hybridized carbons (Fsp3) is 0.500. The van der Waals surface area contributed by atoms with E-state index in [9.17, 15) is 14.4 Å². The predicted octanol–water partition coefficient (Wildman–Crippen LogP) is -1.25. The maximum absolute atomic E-state index is 10.3. The summed E-state index contributed by atoms with van der Waals surface area (Å²) in [4.78, 5) is 30.5. The number of aliphatic hydroxyl groups is 1. The van der Waals surface area contributed by atoms with Crippen molar-refractivity contribution in [1.29, 1.82) is 0 Å². The molecule has 0 unspecified atom stereocenters. The Hall–Kier alpha value is -1.01. The molecule has 0 bridgehead atoms. The van der Waals surface area contributed by atoms with Gasteiger partial charge >= 0.3 is 17.9 Å². The van der Waals surface area contributed by atoms with Crippen LogP contribution in [0.15, 0.2) is 0 Å². The van der Waals surface area contributed by atoms with Crippen molar-refractivity contribution in [3.63, 3.8) is 0 Å². The van der Waals surface area contributed by atoms with Gasteiger partial charge in [-0.15, -0.1) is 0 Å². The molecule has 0 rings (SSSR count). The zero-order valence-electron chi connectivity index (χ0n) is 6.76. The van der Waals surface area contributed by atoms with E-state index in [-0.39, 0.29) is 19.5 Å². The van der Waals surface area contributed by atoms with E-state index < -0.39 is 36.4 Å². The molecule has 83 valence electrons. The summed E-state index contributed by atoms with van der Waals surface area (Å²) in [6, 6.07) is 0. The smallest absolute Gasteiger partial charge is 0.336 e. The number of aliphatic carboxylic acids is 3. The summed E-state index contributed by atoms with van der Waals surface area (Å²) >= 11 is 0. The molecule has 0 amide bonds. The maximum Gasteiger partial charge on any atom is 0.336 e. The number of carboxylic acids is 3. The number of rotatable bonds is 5. The van der Waals surface area contributed by atoms with Gasteiger partial charge in [0.25, 0.3) is 0 Å². The fourth-order valence-corrected chi connectivity index (χ4v) is 0.714. The minimum Gasteiger partial charge on any atom is -0.481 e. The van der Waals surface area contributed by atoms with Crippen LogP contribution in [0.2, 0.25) is 0 Å². The second-order valence-electron chi connectivity index (χ2n) is 2.48. The molecule has 8 heteroatoms. The molecular formula is C6H8O7Rh. The minimum atomic E-state index is -2.74. The Kier molecular flexibility index (Phi) is 6.26. The average Bonchev–Trinajstić information content (AvgIpc) is 1.82. The standard InChI is InChI=1S/C6H8O7.Rh/c7-3(8)1-6(13,5(11)12)2-4(9)10;/h13H,1-2H2,(H,7,8)(H,9,10)(H,11,12);. The number of carboxylic acid groups (broad SMARTS) is 3. The third-order valence-electron chi connectivity index (χ3n) is 1.29.